The molecule has 0 atom stereocenters. The number of benzene rings is 2. The first-order valence-electron chi connectivity index (χ1n) is 7.63. The lowest BCUT2D eigenvalue weighted by molar-refractivity contribution is -0.133. The van der Waals surface area contributed by atoms with Crippen molar-refractivity contribution >= 4 is 22.9 Å². The van der Waals surface area contributed by atoms with E-state index in [1.807, 2.05) is 0 Å². The number of esters is 2. The lowest BCUT2D eigenvalue weighted by Gasteiger charge is -2.12. The van der Waals surface area contributed by atoms with Crippen LogP contribution in [0, 0.1) is 0 Å². The van der Waals surface area contributed by atoms with Gasteiger partial charge in [-0.2, -0.15) is 0 Å². The summed E-state index contributed by atoms with van der Waals surface area (Å²) in [5.41, 5.74) is -0.210. The van der Waals surface area contributed by atoms with Crippen molar-refractivity contribution in [2.24, 2.45) is 0 Å². The van der Waals surface area contributed by atoms with Crippen molar-refractivity contribution in [3.05, 3.63) is 52.7 Å². The monoisotopic (exact) mass is 354 g/mol. The van der Waals surface area contributed by atoms with Crippen molar-refractivity contribution in [3.63, 3.8) is 0 Å². The summed E-state index contributed by atoms with van der Waals surface area (Å²) in [6.07, 6.45) is 0. The first-order valence-corrected chi connectivity index (χ1v) is 7.63. The molecule has 0 spiro atoms. The maximum Gasteiger partial charge on any atom is 0.308 e. The predicted octanol–water partition coefficient (Wildman–Crippen LogP) is 3.02. The van der Waals surface area contributed by atoms with Crippen molar-refractivity contribution in [1.82, 2.24) is 0 Å². The Bertz CT molecular complexity index is 1060. The Morgan fingerprint density at radius 2 is 1.65 bits per heavy atom. The van der Waals surface area contributed by atoms with Gasteiger partial charge in [-0.25, -0.2) is 0 Å². The van der Waals surface area contributed by atoms with Crippen LogP contribution in [0.2, 0.25) is 0 Å². The van der Waals surface area contributed by atoms with Gasteiger partial charge in [-0.1, -0.05) is 30.3 Å². The van der Waals surface area contributed by atoms with Crippen molar-refractivity contribution in [3.8, 4) is 28.6 Å². The SMILES string of the molecule is CC(=O)Oc1c(-c2ccccc2)oc2cc(O)cc(OC(C)=O)c2c1=O. The topological polar surface area (TPSA) is 103 Å². The summed E-state index contributed by atoms with van der Waals surface area (Å²) in [5, 5.41) is 9.74. The Balaban J connectivity index is 2.40. The molecule has 0 radical (unpaired) electrons. The van der Waals surface area contributed by atoms with Gasteiger partial charge in [-0.05, 0) is 0 Å². The van der Waals surface area contributed by atoms with E-state index in [0.717, 1.165) is 19.9 Å². The maximum absolute atomic E-state index is 13.0. The van der Waals surface area contributed by atoms with E-state index in [0.29, 0.717) is 5.56 Å². The fourth-order valence-corrected chi connectivity index (χ4v) is 2.50. The second-order valence-electron chi connectivity index (χ2n) is 5.46. The zero-order valence-corrected chi connectivity index (χ0v) is 13.9. The lowest BCUT2D eigenvalue weighted by atomic mass is 10.1. The number of aromatic hydroxyl groups is 1. The molecule has 1 N–H and O–H groups in total. The van der Waals surface area contributed by atoms with Crippen molar-refractivity contribution < 1.29 is 28.6 Å². The fraction of sp³-hybridized carbons (Fsp3) is 0.105. The van der Waals surface area contributed by atoms with Crippen LogP contribution in [0.4, 0.5) is 0 Å². The second-order valence-corrected chi connectivity index (χ2v) is 5.46. The van der Waals surface area contributed by atoms with E-state index in [4.69, 9.17) is 13.9 Å². The molecular weight excluding hydrogens is 340 g/mol. The highest BCUT2D eigenvalue weighted by Gasteiger charge is 2.23. The third-order valence-electron chi connectivity index (χ3n) is 3.44. The van der Waals surface area contributed by atoms with Crippen molar-refractivity contribution in [1.29, 1.82) is 0 Å². The van der Waals surface area contributed by atoms with Gasteiger partial charge in [-0.15, -0.1) is 0 Å². The van der Waals surface area contributed by atoms with E-state index in [1.54, 1.807) is 30.3 Å². The Morgan fingerprint density at radius 1 is 1.00 bits per heavy atom. The normalized spacial score (nSPS) is 10.5. The Hall–Kier alpha value is -3.61. The second kappa shape index (κ2) is 6.72. The van der Waals surface area contributed by atoms with Gasteiger partial charge >= 0.3 is 11.9 Å². The number of fused-ring (bicyclic) bond motifs is 1. The molecule has 0 aliphatic rings. The first-order chi connectivity index (χ1) is 12.4. The quantitative estimate of drug-likeness (QED) is 0.569. The van der Waals surface area contributed by atoms with Crippen LogP contribution in [0.25, 0.3) is 22.3 Å². The van der Waals surface area contributed by atoms with E-state index in [1.165, 1.54) is 6.07 Å². The summed E-state index contributed by atoms with van der Waals surface area (Å²) < 4.78 is 15.8. The molecule has 7 heteroatoms. The van der Waals surface area contributed by atoms with Crippen LogP contribution in [0.5, 0.6) is 17.2 Å². The molecular formula is C19H14O7. The summed E-state index contributed by atoms with van der Waals surface area (Å²) in [7, 11) is 0. The molecule has 1 heterocycles. The van der Waals surface area contributed by atoms with Crippen molar-refractivity contribution in [2.75, 3.05) is 0 Å². The van der Waals surface area contributed by atoms with Gasteiger partial charge in [-0.3, -0.25) is 14.4 Å². The third kappa shape index (κ3) is 3.27. The Labute approximate surface area is 147 Å². The zero-order valence-electron chi connectivity index (χ0n) is 13.9. The highest BCUT2D eigenvalue weighted by Crippen LogP contribution is 2.36. The molecule has 7 nitrogen and oxygen atoms in total. The van der Waals surface area contributed by atoms with Gasteiger partial charge in [0, 0.05) is 31.5 Å². The minimum absolute atomic E-state index is 0.0130. The number of hydrogen-bond donors (Lipinski definition) is 1. The minimum Gasteiger partial charge on any atom is -0.508 e. The number of hydrogen-bond acceptors (Lipinski definition) is 7. The molecule has 0 bridgehead atoms. The molecule has 0 fully saturated rings. The van der Waals surface area contributed by atoms with Crippen LogP contribution in [-0.2, 0) is 9.59 Å². The highest BCUT2D eigenvalue weighted by atomic mass is 16.5. The minimum atomic E-state index is -0.707. The zero-order chi connectivity index (χ0) is 18.8. The molecule has 0 aliphatic heterocycles. The molecule has 3 rings (SSSR count). The molecule has 2 aromatic carbocycles. The summed E-state index contributed by atoms with van der Waals surface area (Å²) in [6, 6.07) is 10.9. The number of rotatable bonds is 3. The summed E-state index contributed by atoms with van der Waals surface area (Å²) in [4.78, 5) is 35.7. The number of phenolic OH excluding ortho intramolecular Hbond substituents is 1. The number of ether oxygens (including phenoxy) is 2. The van der Waals surface area contributed by atoms with E-state index in [9.17, 15) is 19.5 Å². The summed E-state index contributed by atoms with van der Waals surface area (Å²) >= 11 is 0. The van der Waals surface area contributed by atoms with Gasteiger partial charge in [0.15, 0.2) is 5.76 Å². The Kier molecular flexibility index (Phi) is 4.45. The molecule has 3 aromatic rings. The highest BCUT2D eigenvalue weighted by molar-refractivity contribution is 5.91. The summed E-state index contributed by atoms with van der Waals surface area (Å²) in [6.45, 7) is 2.31. The van der Waals surface area contributed by atoms with Gasteiger partial charge in [0.25, 0.3) is 0 Å². The summed E-state index contributed by atoms with van der Waals surface area (Å²) in [5.74, 6) is -2.13. The maximum atomic E-state index is 13.0. The van der Waals surface area contributed by atoms with E-state index in [2.05, 4.69) is 0 Å². The van der Waals surface area contributed by atoms with Gasteiger partial charge in [0.05, 0.1) is 0 Å². The van der Waals surface area contributed by atoms with Crippen LogP contribution in [0.3, 0.4) is 0 Å². The van der Waals surface area contributed by atoms with Gasteiger partial charge in [0.2, 0.25) is 11.2 Å². The molecule has 0 unspecified atom stereocenters. The van der Waals surface area contributed by atoms with E-state index < -0.39 is 17.4 Å². The predicted molar refractivity (Wildman–Crippen MR) is 92.2 cm³/mol. The van der Waals surface area contributed by atoms with E-state index in [-0.39, 0.29) is 34.0 Å². The van der Waals surface area contributed by atoms with Crippen LogP contribution < -0.4 is 14.9 Å². The number of phenols is 1. The number of carbonyl (C=O) groups excluding carboxylic acids is 2. The molecule has 0 amide bonds. The Morgan fingerprint density at radius 3 is 2.27 bits per heavy atom. The first kappa shape index (κ1) is 17.2. The molecule has 132 valence electrons. The lowest BCUT2D eigenvalue weighted by Crippen LogP contribution is -2.15. The largest absolute Gasteiger partial charge is 0.508 e. The van der Waals surface area contributed by atoms with Crippen LogP contribution in [0.15, 0.2) is 51.7 Å². The van der Waals surface area contributed by atoms with Crippen LogP contribution in [-0.4, -0.2) is 17.0 Å². The standard InChI is InChI=1S/C19H14O7/c1-10(20)24-14-8-13(22)9-15-16(14)17(23)19(25-11(2)21)18(26-15)12-6-4-3-5-7-12/h3-9,22H,1-2H3. The van der Waals surface area contributed by atoms with E-state index >= 15 is 0 Å². The molecule has 1 aromatic heterocycles. The molecule has 26 heavy (non-hydrogen) atoms. The number of carbonyl (C=O) groups is 2. The average molecular weight is 354 g/mol. The third-order valence-corrected chi connectivity index (χ3v) is 3.44. The molecule has 0 saturated heterocycles. The van der Waals surface area contributed by atoms with Gasteiger partial charge < -0.3 is 19.0 Å². The van der Waals surface area contributed by atoms with Crippen LogP contribution in [0.1, 0.15) is 13.8 Å². The molecule has 0 aliphatic carbocycles. The molecule has 0 saturated carbocycles. The smallest absolute Gasteiger partial charge is 0.308 e. The van der Waals surface area contributed by atoms with Gasteiger partial charge in [0.1, 0.15) is 22.5 Å². The fourth-order valence-electron chi connectivity index (χ4n) is 2.50. The average Bonchev–Trinajstić information content (AvgIpc) is 2.56. The van der Waals surface area contributed by atoms with Crippen LogP contribution >= 0.6 is 0 Å². The van der Waals surface area contributed by atoms with Crippen molar-refractivity contribution in [2.45, 2.75) is 13.8 Å².